The number of rotatable bonds is 2. The highest BCUT2D eigenvalue weighted by Crippen LogP contribution is 2.35. The van der Waals surface area contributed by atoms with E-state index in [1.54, 1.807) is 12.7 Å². The number of fused-ring (bicyclic) bond motifs is 1. The fraction of sp³-hybridized carbons (Fsp3) is 0.500. The lowest BCUT2D eigenvalue weighted by molar-refractivity contribution is 0.533. The molecule has 114 valence electrons. The van der Waals surface area contributed by atoms with Crippen LogP contribution < -0.4 is 9.80 Å². The van der Waals surface area contributed by atoms with Gasteiger partial charge in [0.1, 0.15) is 24.3 Å². The monoisotopic (exact) mass is 296 g/mol. The Morgan fingerprint density at radius 3 is 2.32 bits per heavy atom. The number of nitrogens with zero attached hydrogens (tertiary/aromatic N) is 6. The standard InChI is InChI=1S/C16H20N6/c1-11-4-17-9-20-16(11)22-7-13-5-21(6-14(13)8-22)15-3-12(2)18-10-19-15/h3-4,9-10,13-14H,5-8H2,1-2H3. The zero-order chi connectivity index (χ0) is 15.1. The van der Waals surface area contributed by atoms with Crippen LogP contribution in [0.4, 0.5) is 11.6 Å². The van der Waals surface area contributed by atoms with E-state index in [0.29, 0.717) is 11.8 Å². The third-order valence-corrected chi connectivity index (χ3v) is 4.77. The van der Waals surface area contributed by atoms with Crippen LogP contribution in [0, 0.1) is 25.7 Å². The summed E-state index contributed by atoms with van der Waals surface area (Å²) in [6.45, 7) is 8.39. The van der Waals surface area contributed by atoms with E-state index in [1.165, 1.54) is 0 Å². The summed E-state index contributed by atoms with van der Waals surface area (Å²) in [4.78, 5) is 22.0. The van der Waals surface area contributed by atoms with Crippen LogP contribution in [0.15, 0.2) is 24.9 Å². The Morgan fingerprint density at radius 1 is 0.909 bits per heavy atom. The molecule has 2 aromatic rings. The summed E-state index contributed by atoms with van der Waals surface area (Å²) in [6.07, 6.45) is 5.20. The summed E-state index contributed by atoms with van der Waals surface area (Å²) in [7, 11) is 0. The van der Waals surface area contributed by atoms with Crippen LogP contribution in [0.3, 0.4) is 0 Å². The van der Waals surface area contributed by atoms with E-state index in [-0.39, 0.29) is 0 Å². The Balaban J connectivity index is 1.48. The maximum Gasteiger partial charge on any atom is 0.134 e. The van der Waals surface area contributed by atoms with Crippen molar-refractivity contribution in [1.82, 2.24) is 19.9 Å². The summed E-state index contributed by atoms with van der Waals surface area (Å²) < 4.78 is 0. The highest BCUT2D eigenvalue weighted by atomic mass is 15.3. The molecule has 0 amide bonds. The number of hydrogen-bond acceptors (Lipinski definition) is 6. The molecular formula is C16H20N6. The van der Waals surface area contributed by atoms with Gasteiger partial charge in [0.05, 0.1) is 0 Å². The maximum absolute atomic E-state index is 4.46. The van der Waals surface area contributed by atoms with Gasteiger partial charge < -0.3 is 9.80 Å². The molecule has 0 spiro atoms. The van der Waals surface area contributed by atoms with Gasteiger partial charge in [-0.25, -0.2) is 19.9 Å². The average molecular weight is 296 g/mol. The Hall–Kier alpha value is -2.24. The fourth-order valence-electron chi connectivity index (χ4n) is 3.69. The summed E-state index contributed by atoms with van der Waals surface area (Å²) in [5.41, 5.74) is 2.19. The van der Waals surface area contributed by atoms with Gasteiger partial charge in [0.25, 0.3) is 0 Å². The van der Waals surface area contributed by atoms with Gasteiger partial charge in [0, 0.05) is 61.5 Å². The number of aryl methyl sites for hydroxylation is 2. The Labute approximate surface area is 130 Å². The lowest BCUT2D eigenvalue weighted by Crippen LogP contribution is -2.30. The van der Waals surface area contributed by atoms with E-state index in [4.69, 9.17) is 0 Å². The number of hydrogen-bond donors (Lipinski definition) is 0. The quantitative estimate of drug-likeness (QED) is 0.836. The summed E-state index contributed by atoms with van der Waals surface area (Å²) in [5, 5.41) is 0. The lowest BCUT2D eigenvalue weighted by Gasteiger charge is -2.23. The minimum Gasteiger partial charge on any atom is -0.356 e. The molecule has 2 saturated heterocycles. The summed E-state index contributed by atoms with van der Waals surface area (Å²) >= 11 is 0. The molecular weight excluding hydrogens is 276 g/mol. The van der Waals surface area contributed by atoms with Crippen LogP contribution >= 0.6 is 0 Å². The molecule has 0 aromatic carbocycles. The highest BCUT2D eigenvalue weighted by molar-refractivity contribution is 5.48. The van der Waals surface area contributed by atoms with Gasteiger partial charge in [-0.05, 0) is 13.8 Å². The predicted molar refractivity (Wildman–Crippen MR) is 84.9 cm³/mol. The zero-order valence-corrected chi connectivity index (χ0v) is 13.0. The number of anilines is 2. The van der Waals surface area contributed by atoms with Crippen LogP contribution in [0.2, 0.25) is 0 Å². The van der Waals surface area contributed by atoms with E-state index in [0.717, 1.165) is 49.1 Å². The first kappa shape index (κ1) is 13.4. The van der Waals surface area contributed by atoms with Crippen molar-refractivity contribution in [2.45, 2.75) is 13.8 Å². The minimum absolute atomic E-state index is 0.685. The van der Waals surface area contributed by atoms with E-state index in [1.807, 2.05) is 13.1 Å². The molecule has 2 aromatic heterocycles. The van der Waals surface area contributed by atoms with Crippen molar-refractivity contribution in [2.24, 2.45) is 11.8 Å². The zero-order valence-electron chi connectivity index (χ0n) is 13.0. The smallest absolute Gasteiger partial charge is 0.134 e. The summed E-state index contributed by atoms with van der Waals surface area (Å²) in [6, 6.07) is 2.08. The Bertz CT molecular complexity index is 674. The molecule has 2 atom stereocenters. The molecule has 4 rings (SSSR count). The maximum atomic E-state index is 4.46. The van der Waals surface area contributed by atoms with E-state index in [9.17, 15) is 0 Å². The van der Waals surface area contributed by atoms with Gasteiger partial charge in [0.2, 0.25) is 0 Å². The van der Waals surface area contributed by atoms with Gasteiger partial charge in [0.15, 0.2) is 0 Å². The second-order valence-electron chi connectivity index (χ2n) is 6.38. The van der Waals surface area contributed by atoms with Crippen LogP contribution in [-0.4, -0.2) is 46.1 Å². The van der Waals surface area contributed by atoms with Crippen molar-refractivity contribution >= 4 is 11.6 Å². The first-order valence-corrected chi connectivity index (χ1v) is 7.76. The third-order valence-electron chi connectivity index (χ3n) is 4.77. The van der Waals surface area contributed by atoms with E-state index in [2.05, 4.69) is 42.7 Å². The third kappa shape index (κ3) is 2.28. The second kappa shape index (κ2) is 5.19. The fourth-order valence-corrected chi connectivity index (χ4v) is 3.69. The van der Waals surface area contributed by atoms with Gasteiger partial charge >= 0.3 is 0 Å². The lowest BCUT2D eigenvalue weighted by atomic mass is 10.0. The molecule has 0 bridgehead atoms. The molecule has 0 radical (unpaired) electrons. The number of aromatic nitrogens is 4. The molecule has 4 heterocycles. The molecule has 22 heavy (non-hydrogen) atoms. The van der Waals surface area contributed by atoms with Crippen LogP contribution in [0.25, 0.3) is 0 Å². The minimum atomic E-state index is 0.685. The van der Waals surface area contributed by atoms with E-state index < -0.39 is 0 Å². The van der Waals surface area contributed by atoms with Crippen molar-refractivity contribution < 1.29 is 0 Å². The molecule has 2 aliphatic heterocycles. The van der Waals surface area contributed by atoms with Gasteiger partial charge in [-0.1, -0.05) is 0 Å². The van der Waals surface area contributed by atoms with Gasteiger partial charge in [-0.2, -0.15) is 0 Å². The molecule has 0 N–H and O–H groups in total. The second-order valence-corrected chi connectivity index (χ2v) is 6.38. The Morgan fingerprint density at radius 2 is 1.64 bits per heavy atom. The van der Waals surface area contributed by atoms with Gasteiger partial charge in [-0.3, -0.25) is 0 Å². The largest absolute Gasteiger partial charge is 0.356 e. The van der Waals surface area contributed by atoms with Crippen molar-refractivity contribution in [3.05, 3.63) is 36.2 Å². The van der Waals surface area contributed by atoms with Crippen molar-refractivity contribution in [3.63, 3.8) is 0 Å². The normalized spacial score (nSPS) is 23.9. The van der Waals surface area contributed by atoms with Crippen LogP contribution in [0.1, 0.15) is 11.3 Å². The predicted octanol–water partition coefficient (Wildman–Crippen LogP) is 1.46. The van der Waals surface area contributed by atoms with Crippen molar-refractivity contribution in [2.75, 3.05) is 36.0 Å². The molecule has 2 fully saturated rings. The van der Waals surface area contributed by atoms with Crippen molar-refractivity contribution in [3.8, 4) is 0 Å². The Kier molecular flexibility index (Phi) is 3.17. The topological polar surface area (TPSA) is 58.0 Å². The van der Waals surface area contributed by atoms with Crippen LogP contribution in [0.5, 0.6) is 0 Å². The van der Waals surface area contributed by atoms with Crippen LogP contribution in [-0.2, 0) is 0 Å². The van der Waals surface area contributed by atoms with E-state index >= 15 is 0 Å². The SMILES string of the molecule is Cc1cc(N2CC3CN(c4ncncc4C)CC3C2)ncn1. The molecule has 0 aliphatic carbocycles. The summed E-state index contributed by atoms with van der Waals surface area (Å²) in [5.74, 6) is 3.52. The first-order valence-electron chi connectivity index (χ1n) is 7.76. The first-order chi connectivity index (χ1) is 10.7. The average Bonchev–Trinajstić information content (AvgIpc) is 3.06. The van der Waals surface area contributed by atoms with Crippen molar-refractivity contribution in [1.29, 1.82) is 0 Å². The molecule has 2 unspecified atom stereocenters. The molecule has 2 aliphatic rings. The van der Waals surface area contributed by atoms with Gasteiger partial charge in [-0.15, -0.1) is 0 Å². The molecule has 6 heteroatoms. The molecule has 6 nitrogen and oxygen atoms in total. The highest BCUT2D eigenvalue weighted by Gasteiger charge is 2.41. The molecule has 0 saturated carbocycles.